The van der Waals surface area contributed by atoms with E-state index in [1.54, 1.807) is 28.6 Å². The van der Waals surface area contributed by atoms with Crippen LogP contribution in [0, 0.1) is 5.92 Å². The Labute approximate surface area is 189 Å². The minimum atomic E-state index is -3.64. The lowest BCUT2D eigenvalue weighted by atomic mass is 9.87. The van der Waals surface area contributed by atoms with E-state index in [0.717, 1.165) is 25.2 Å². The van der Waals surface area contributed by atoms with Gasteiger partial charge in [0.05, 0.1) is 4.90 Å². The predicted molar refractivity (Wildman–Crippen MR) is 123 cm³/mol. The van der Waals surface area contributed by atoms with E-state index >= 15 is 0 Å². The van der Waals surface area contributed by atoms with Crippen LogP contribution in [0.15, 0.2) is 83.8 Å². The van der Waals surface area contributed by atoms with Crippen LogP contribution in [0.5, 0.6) is 0 Å². The molecule has 0 spiro atoms. The third kappa shape index (κ3) is 4.15. The SMILES string of the molecule is O=S(=O)(c1cccc(Cl)c1)N1Cc2ccccc2[C@@H]2CN(Cc3ccccc3)C[C@H]2C1. The number of likely N-dealkylation sites (tertiary alicyclic amines) is 1. The highest BCUT2D eigenvalue weighted by atomic mass is 35.5. The zero-order valence-electron chi connectivity index (χ0n) is 17.2. The average molecular weight is 453 g/mol. The molecule has 6 heteroatoms. The summed E-state index contributed by atoms with van der Waals surface area (Å²) in [6, 6.07) is 25.4. The largest absolute Gasteiger partial charge is 0.298 e. The summed E-state index contributed by atoms with van der Waals surface area (Å²) in [7, 11) is -3.64. The number of rotatable bonds is 4. The number of benzene rings is 3. The number of nitrogens with zero attached hydrogens (tertiary/aromatic N) is 2. The summed E-state index contributed by atoms with van der Waals surface area (Å²) in [4.78, 5) is 2.71. The predicted octanol–water partition coefficient (Wildman–Crippen LogP) is 4.76. The van der Waals surface area contributed by atoms with Gasteiger partial charge in [-0.25, -0.2) is 8.42 Å². The van der Waals surface area contributed by atoms with Crippen LogP contribution < -0.4 is 0 Å². The maximum Gasteiger partial charge on any atom is 0.243 e. The normalized spacial score (nSPS) is 22.0. The van der Waals surface area contributed by atoms with Gasteiger partial charge in [-0.05, 0) is 40.8 Å². The van der Waals surface area contributed by atoms with Crippen molar-refractivity contribution in [1.82, 2.24) is 9.21 Å². The van der Waals surface area contributed by atoms with Gasteiger partial charge in [0.25, 0.3) is 0 Å². The second-order valence-electron chi connectivity index (χ2n) is 8.50. The van der Waals surface area contributed by atoms with Crippen molar-refractivity contribution in [2.45, 2.75) is 23.9 Å². The smallest absolute Gasteiger partial charge is 0.243 e. The maximum atomic E-state index is 13.5. The van der Waals surface area contributed by atoms with E-state index in [2.05, 4.69) is 47.4 Å². The van der Waals surface area contributed by atoms with E-state index in [1.165, 1.54) is 11.1 Å². The molecule has 0 amide bonds. The molecule has 0 unspecified atom stereocenters. The molecule has 0 aromatic heterocycles. The highest BCUT2D eigenvalue weighted by molar-refractivity contribution is 7.89. The molecular formula is C25H25ClN2O2S. The minimum Gasteiger partial charge on any atom is -0.298 e. The lowest BCUT2D eigenvalue weighted by molar-refractivity contribution is 0.293. The monoisotopic (exact) mass is 452 g/mol. The van der Waals surface area contributed by atoms with Crippen LogP contribution in [0.25, 0.3) is 0 Å². The van der Waals surface area contributed by atoms with Crippen molar-refractivity contribution >= 4 is 21.6 Å². The molecule has 3 aromatic rings. The van der Waals surface area contributed by atoms with Crippen LogP contribution in [0.3, 0.4) is 0 Å². The van der Waals surface area contributed by atoms with Gasteiger partial charge in [-0.3, -0.25) is 4.90 Å². The van der Waals surface area contributed by atoms with Gasteiger partial charge in [-0.15, -0.1) is 0 Å². The molecule has 31 heavy (non-hydrogen) atoms. The van der Waals surface area contributed by atoms with Crippen molar-refractivity contribution in [2.75, 3.05) is 19.6 Å². The summed E-state index contributed by atoms with van der Waals surface area (Å²) in [5.41, 5.74) is 3.67. The molecule has 1 saturated heterocycles. The fraction of sp³-hybridized carbons (Fsp3) is 0.280. The summed E-state index contributed by atoms with van der Waals surface area (Å²) in [5, 5.41) is 0.434. The first kappa shape index (κ1) is 20.7. The Morgan fingerprint density at radius 1 is 0.871 bits per heavy atom. The molecule has 1 fully saturated rings. The van der Waals surface area contributed by atoms with E-state index in [4.69, 9.17) is 11.6 Å². The molecule has 2 aliphatic rings. The van der Waals surface area contributed by atoms with Crippen LogP contribution in [-0.2, 0) is 23.1 Å². The minimum absolute atomic E-state index is 0.251. The standard InChI is InChI=1S/C25H25ClN2O2S/c26-22-10-6-11-23(13-22)31(29,30)28-16-20-9-4-5-12-24(20)25-18-27(15-21(25)17-28)14-19-7-2-1-3-8-19/h1-13,21,25H,14-18H2/t21-,25+/m0/s1. The van der Waals surface area contributed by atoms with E-state index < -0.39 is 10.0 Å². The molecule has 2 aliphatic heterocycles. The van der Waals surface area contributed by atoms with E-state index in [1.807, 2.05) is 12.1 Å². The van der Waals surface area contributed by atoms with Crippen LogP contribution in [0.2, 0.25) is 5.02 Å². The Morgan fingerprint density at radius 3 is 2.45 bits per heavy atom. The molecule has 0 bridgehead atoms. The summed E-state index contributed by atoms with van der Waals surface area (Å²) in [6.45, 7) is 3.63. The van der Waals surface area contributed by atoms with E-state index in [0.29, 0.717) is 24.0 Å². The van der Waals surface area contributed by atoms with Gasteiger partial charge in [-0.2, -0.15) is 4.31 Å². The number of hydrogen-bond acceptors (Lipinski definition) is 3. The Bertz CT molecular complexity index is 1180. The third-order valence-electron chi connectivity index (χ3n) is 6.44. The molecule has 3 aromatic carbocycles. The number of hydrogen-bond donors (Lipinski definition) is 0. The molecule has 2 heterocycles. The Balaban J connectivity index is 1.47. The lowest BCUT2D eigenvalue weighted by Crippen LogP contribution is -2.35. The summed E-state index contributed by atoms with van der Waals surface area (Å²) in [6.07, 6.45) is 0. The highest BCUT2D eigenvalue weighted by Gasteiger charge is 2.41. The van der Waals surface area contributed by atoms with E-state index in [-0.39, 0.29) is 10.8 Å². The lowest BCUT2D eigenvalue weighted by Gasteiger charge is -2.24. The van der Waals surface area contributed by atoms with Crippen LogP contribution >= 0.6 is 11.6 Å². The maximum absolute atomic E-state index is 13.5. The molecular weight excluding hydrogens is 428 g/mol. The van der Waals surface area contributed by atoms with Crippen molar-refractivity contribution in [2.24, 2.45) is 5.92 Å². The second-order valence-corrected chi connectivity index (χ2v) is 10.9. The topological polar surface area (TPSA) is 40.6 Å². The van der Waals surface area contributed by atoms with Gasteiger partial charge in [0, 0.05) is 43.7 Å². The Kier molecular flexibility index (Phi) is 5.61. The van der Waals surface area contributed by atoms with Crippen LogP contribution in [0.4, 0.5) is 0 Å². The Morgan fingerprint density at radius 2 is 1.65 bits per heavy atom. The van der Waals surface area contributed by atoms with Gasteiger partial charge < -0.3 is 0 Å². The number of fused-ring (bicyclic) bond motifs is 3. The van der Waals surface area contributed by atoms with Gasteiger partial charge >= 0.3 is 0 Å². The molecule has 0 saturated carbocycles. The average Bonchev–Trinajstić information content (AvgIpc) is 3.09. The van der Waals surface area contributed by atoms with Crippen LogP contribution in [-0.4, -0.2) is 37.3 Å². The fourth-order valence-corrected chi connectivity index (χ4v) is 6.76. The van der Waals surface area contributed by atoms with Crippen molar-refractivity contribution in [1.29, 1.82) is 0 Å². The molecule has 160 valence electrons. The Hall–Kier alpha value is -2.18. The summed E-state index contributed by atoms with van der Waals surface area (Å²) < 4.78 is 28.7. The van der Waals surface area contributed by atoms with E-state index in [9.17, 15) is 8.42 Å². The zero-order valence-corrected chi connectivity index (χ0v) is 18.8. The third-order valence-corrected chi connectivity index (χ3v) is 8.48. The molecule has 0 radical (unpaired) electrons. The van der Waals surface area contributed by atoms with Gasteiger partial charge in [0.1, 0.15) is 0 Å². The fourth-order valence-electron chi connectivity index (χ4n) is 4.98. The number of sulfonamides is 1. The number of halogens is 1. The van der Waals surface area contributed by atoms with Gasteiger partial charge in [0.15, 0.2) is 0 Å². The van der Waals surface area contributed by atoms with Crippen LogP contribution in [0.1, 0.15) is 22.6 Å². The molecule has 2 atom stereocenters. The van der Waals surface area contributed by atoms with Crippen molar-refractivity contribution in [3.8, 4) is 0 Å². The van der Waals surface area contributed by atoms with Gasteiger partial charge in [0.2, 0.25) is 10.0 Å². The zero-order chi connectivity index (χ0) is 21.4. The summed E-state index contributed by atoms with van der Waals surface area (Å²) in [5.74, 6) is 0.584. The van der Waals surface area contributed by atoms with Gasteiger partial charge in [-0.1, -0.05) is 72.3 Å². The van der Waals surface area contributed by atoms with Crippen molar-refractivity contribution < 1.29 is 8.42 Å². The molecule has 0 N–H and O–H groups in total. The first-order valence-electron chi connectivity index (χ1n) is 10.6. The molecule has 5 rings (SSSR count). The second kappa shape index (κ2) is 8.40. The first-order valence-corrected chi connectivity index (χ1v) is 12.4. The molecule has 0 aliphatic carbocycles. The van der Waals surface area contributed by atoms with Crippen molar-refractivity contribution in [3.63, 3.8) is 0 Å². The van der Waals surface area contributed by atoms with Crippen molar-refractivity contribution in [3.05, 3.63) is 101 Å². The first-order chi connectivity index (χ1) is 15.0. The quantitative estimate of drug-likeness (QED) is 0.573. The highest BCUT2D eigenvalue weighted by Crippen LogP contribution is 2.40. The molecule has 4 nitrogen and oxygen atoms in total. The summed E-state index contributed by atoms with van der Waals surface area (Å²) >= 11 is 6.10.